The number of amides is 2. The van der Waals surface area contributed by atoms with Crippen molar-refractivity contribution in [1.82, 2.24) is 5.32 Å². The van der Waals surface area contributed by atoms with Gasteiger partial charge in [0.2, 0.25) is 0 Å². The Hall–Kier alpha value is -3.72. The van der Waals surface area contributed by atoms with Gasteiger partial charge in [0.25, 0.3) is 11.8 Å². The number of aryl methyl sites for hydroxylation is 1. The van der Waals surface area contributed by atoms with Crippen LogP contribution in [-0.4, -0.2) is 16.7 Å². The average Bonchev–Trinajstić information content (AvgIpc) is 3.18. The normalized spacial score (nSPS) is 11.1. The van der Waals surface area contributed by atoms with Crippen LogP contribution in [0.25, 0.3) is 6.08 Å². The van der Waals surface area contributed by atoms with E-state index in [1.54, 1.807) is 36.4 Å². The van der Waals surface area contributed by atoms with E-state index in [1.807, 2.05) is 19.1 Å². The molecule has 0 unspecified atom stereocenters. The Morgan fingerprint density at radius 3 is 2.47 bits per heavy atom. The fourth-order valence-corrected chi connectivity index (χ4v) is 2.88. The van der Waals surface area contributed by atoms with Crippen LogP contribution in [0.4, 0.5) is 11.6 Å². The number of hydrogen-bond donors (Lipinski definition) is 2. The number of benzene rings is 2. The van der Waals surface area contributed by atoms with Gasteiger partial charge in [0.1, 0.15) is 16.4 Å². The van der Waals surface area contributed by atoms with Crippen LogP contribution < -0.4 is 10.6 Å². The summed E-state index contributed by atoms with van der Waals surface area (Å²) in [7, 11) is 0. The van der Waals surface area contributed by atoms with Gasteiger partial charge in [0.05, 0.1) is 6.07 Å². The molecular formula is C21H16BrN3O5. The number of anilines is 1. The molecule has 0 spiro atoms. The van der Waals surface area contributed by atoms with Crippen LogP contribution >= 0.6 is 15.9 Å². The van der Waals surface area contributed by atoms with Crippen LogP contribution in [0.5, 0.6) is 0 Å². The molecule has 152 valence electrons. The van der Waals surface area contributed by atoms with Crippen molar-refractivity contribution in [2.24, 2.45) is 0 Å². The summed E-state index contributed by atoms with van der Waals surface area (Å²) in [6.07, 6.45) is 1.23. The predicted molar refractivity (Wildman–Crippen MR) is 115 cm³/mol. The second-order valence-corrected chi connectivity index (χ2v) is 7.19. The molecule has 9 heteroatoms. The Bertz CT molecular complexity index is 1140. The van der Waals surface area contributed by atoms with Crippen LogP contribution in [0.15, 0.2) is 75.3 Å². The van der Waals surface area contributed by atoms with Crippen molar-refractivity contribution in [3.8, 4) is 0 Å². The highest BCUT2D eigenvalue weighted by Crippen LogP contribution is 2.19. The van der Waals surface area contributed by atoms with Gasteiger partial charge in [0, 0.05) is 21.8 Å². The molecule has 0 aliphatic rings. The summed E-state index contributed by atoms with van der Waals surface area (Å²) in [4.78, 5) is 35.6. The Kier molecular flexibility index (Phi) is 6.43. The summed E-state index contributed by atoms with van der Waals surface area (Å²) >= 11 is 3.29. The monoisotopic (exact) mass is 469 g/mol. The molecule has 0 aliphatic heterocycles. The topological polar surface area (TPSA) is 114 Å². The molecule has 0 saturated heterocycles. The highest BCUT2D eigenvalue weighted by molar-refractivity contribution is 9.10. The zero-order chi connectivity index (χ0) is 21.7. The molecule has 2 aromatic carbocycles. The third-order valence-corrected chi connectivity index (χ3v) is 4.46. The predicted octanol–water partition coefficient (Wildman–Crippen LogP) is 4.67. The molecule has 2 amide bonds. The van der Waals surface area contributed by atoms with Gasteiger partial charge in [0.15, 0.2) is 0 Å². The summed E-state index contributed by atoms with van der Waals surface area (Å²) in [5.41, 5.74) is 1.74. The lowest BCUT2D eigenvalue weighted by molar-refractivity contribution is -0.402. The molecule has 3 aromatic rings. The Morgan fingerprint density at radius 1 is 1.10 bits per heavy atom. The minimum Gasteiger partial charge on any atom is -0.401 e. The molecule has 0 aliphatic carbocycles. The lowest BCUT2D eigenvalue weighted by Crippen LogP contribution is -2.30. The Balaban J connectivity index is 1.89. The van der Waals surface area contributed by atoms with Gasteiger partial charge < -0.3 is 15.1 Å². The van der Waals surface area contributed by atoms with Crippen molar-refractivity contribution < 1.29 is 18.9 Å². The third-order valence-electron chi connectivity index (χ3n) is 3.97. The first-order valence-corrected chi connectivity index (χ1v) is 9.52. The van der Waals surface area contributed by atoms with Crippen molar-refractivity contribution in [1.29, 1.82) is 0 Å². The third kappa shape index (κ3) is 5.42. The molecular weight excluding hydrogens is 454 g/mol. The fraction of sp³-hybridized carbons (Fsp3) is 0.0476. The van der Waals surface area contributed by atoms with Gasteiger partial charge >= 0.3 is 5.88 Å². The Labute approximate surface area is 179 Å². The van der Waals surface area contributed by atoms with Crippen molar-refractivity contribution in [3.05, 3.63) is 97.8 Å². The summed E-state index contributed by atoms with van der Waals surface area (Å²) in [5.74, 6) is -1.56. The van der Waals surface area contributed by atoms with Gasteiger partial charge in [-0.15, -0.1) is 0 Å². The first kappa shape index (κ1) is 21.0. The van der Waals surface area contributed by atoms with Crippen LogP contribution in [0.1, 0.15) is 21.7 Å². The number of carbonyl (C=O) groups excluding carboxylic acids is 2. The molecule has 1 aromatic heterocycles. The van der Waals surface area contributed by atoms with E-state index < -0.39 is 22.6 Å². The number of furan rings is 1. The van der Waals surface area contributed by atoms with Crippen molar-refractivity contribution in [2.45, 2.75) is 6.92 Å². The Morgan fingerprint density at radius 2 is 1.83 bits per heavy atom. The molecule has 3 rings (SSSR count). The zero-order valence-corrected chi connectivity index (χ0v) is 17.3. The van der Waals surface area contributed by atoms with Gasteiger partial charge in [-0.05, 0) is 43.3 Å². The van der Waals surface area contributed by atoms with Crippen molar-refractivity contribution in [2.75, 3.05) is 5.32 Å². The summed E-state index contributed by atoms with van der Waals surface area (Å²) in [6.45, 7) is 1.92. The number of nitro groups is 1. The second-order valence-electron chi connectivity index (χ2n) is 6.28. The van der Waals surface area contributed by atoms with Gasteiger partial charge in [-0.1, -0.05) is 39.7 Å². The molecule has 8 nitrogen and oxygen atoms in total. The van der Waals surface area contributed by atoms with E-state index in [1.165, 1.54) is 12.1 Å². The van der Waals surface area contributed by atoms with Crippen LogP contribution in [-0.2, 0) is 4.79 Å². The minimum absolute atomic E-state index is 0.0466. The summed E-state index contributed by atoms with van der Waals surface area (Å²) in [5, 5.41) is 16.1. The zero-order valence-electron chi connectivity index (χ0n) is 15.7. The van der Waals surface area contributed by atoms with Crippen LogP contribution in [0.3, 0.4) is 0 Å². The minimum atomic E-state index is -0.691. The maximum atomic E-state index is 12.8. The summed E-state index contributed by atoms with van der Waals surface area (Å²) in [6, 6.07) is 16.2. The van der Waals surface area contributed by atoms with E-state index in [-0.39, 0.29) is 11.5 Å². The quantitative estimate of drug-likeness (QED) is 0.309. The van der Waals surface area contributed by atoms with Gasteiger partial charge in [-0.3, -0.25) is 19.7 Å². The molecule has 2 N–H and O–H groups in total. The number of hydrogen-bond acceptors (Lipinski definition) is 5. The number of nitrogens with one attached hydrogen (secondary N) is 2. The van der Waals surface area contributed by atoms with E-state index in [2.05, 4.69) is 26.6 Å². The smallest absolute Gasteiger partial charge is 0.401 e. The fourth-order valence-electron chi connectivity index (χ4n) is 2.48. The molecule has 0 bridgehead atoms. The number of carbonyl (C=O) groups is 2. The highest BCUT2D eigenvalue weighted by Gasteiger charge is 2.18. The lowest BCUT2D eigenvalue weighted by Gasteiger charge is -2.11. The number of nitrogens with zero attached hydrogens (tertiary/aromatic N) is 1. The van der Waals surface area contributed by atoms with Crippen LogP contribution in [0.2, 0.25) is 0 Å². The molecule has 30 heavy (non-hydrogen) atoms. The van der Waals surface area contributed by atoms with E-state index >= 15 is 0 Å². The van der Waals surface area contributed by atoms with Gasteiger partial charge in [-0.2, -0.15) is 0 Å². The first-order chi connectivity index (χ1) is 14.3. The van der Waals surface area contributed by atoms with Crippen LogP contribution in [0, 0.1) is 17.0 Å². The molecule has 1 heterocycles. The number of halogens is 1. The highest BCUT2D eigenvalue weighted by atomic mass is 79.9. The largest absolute Gasteiger partial charge is 0.433 e. The molecule has 0 saturated carbocycles. The van der Waals surface area contributed by atoms with E-state index in [4.69, 9.17) is 4.42 Å². The maximum absolute atomic E-state index is 12.8. The molecule has 0 radical (unpaired) electrons. The average molecular weight is 470 g/mol. The van der Waals surface area contributed by atoms with E-state index in [9.17, 15) is 19.7 Å². The molecule has 0 fully saturated rings. The number of rotatable bonds is 6. The SMILES string of the molecule is Cc1ccc(NC(=O)C(=Cc2ccc([N+](=O)[O-])o2)NC(=O)c2cccc(Br)c2)cc1. The lowest BCUT2D eigenvalue weighted by atomic mass is 10.2. The first-order valence-electron chi connectivity index (χ1n) is 8.73. The van der Waals surface area contributed by atoms with E-state index in [0.717, 1.165) is 11.6 Å². The standard InChI is InChI=1S/C21H16BrN3O5/c1-13-5-7-16(8-6-13)23-21(27)18(12-17-9-10-19(30-17)25(28)29)24-20(26)14-3-2-4-15(22)11-14/h2-12H,1H3,(H,23,27)(H,24,26). The van der Waals surface area contributed by atoms with Crippen molar-refractivity contribution >= 4 is 45.4 Å². The molecule has 0 atom stereocenters. The summed E-state index contributed by atoms with van der Waals surface area (Å²) < 4.78 is 5.78. The van der Waals surface area contributed by atoms with E-state index in [0.29, 0.717) is 15.7 Å². The van der Waals surface area contributed by atoms with Gasteiger partial charge in [-0.25, -0.2) is 0 Å². The second kappa shape index (κ2) is 9.19. The maximum Gasteiger partial charge on any atom is 0.433 e. The van der Waals surface area contributed by atoms with Crippen molar-refractivity contribution in [3.63, 3.8) is 0 Å².